The summed E-state index contributed by atoms with van der Waals surface area (Å²) in [6.07, 6.45) is 4.12. The van der Waals surface area contributed by atoms with Gasteiger partial charge in [0.15, 0.2) is 0 Å². The Morgan fingerprint density at radius 1 is 0.905 bits per heavy atom. The average molecular weight is 404 g/mol. The van der Waals surface area contributed by atoms with Crippen LogP contribution in [0, 0.1) is 5.92 Å². The normalized spacial score (nSPS) is 28.0. The first-order chi connectivity index (χ1) is 10.4. The fraction of sp³-hybridized carbons (Fsp3) is 0.263. The first-order valence-corrected chi connectivity index (χ1v) is 11.6. The molecule has 2 aliphatic rings. The summed E-state index contributed by atoms with van der Waals surface area (Å²) in [7, 11) is 0. The molecule has 1 fully saturated rings. The molecule has 2 heteroatoms. The SMILES string of the molecule is C1=C(c2ccccc2)[Se]C[C@@H]2CC[Se][C@]12c1ccccc1. The Morgan fingerprint density at radius 2 is 1.62 bits per heavy atom. The van der Waals surface area contributed by atoms with Crippen LogP contribution in [0.4, 0.5) is 0 Å². The number of allylic oxidation sites excluding steroid dienone is 1. The van der Waals surface area contributed by atoms with Crippen molar-refractivity contribution in [1.82, 2.24) is 0 Å². The number of benzene rings is 2. The molecule has 2 aromatic carbocycles. The molecule has 2 aliphatic heterocycles. The van der Waals surface area contributed by atoms with E-state index < -0.39 is 0 Å². The fourth-order valence-corrected chi connectivity index (χ4v) is 10.7. The summed E-state index contributed by atoms with van der Waals surface area (Å²) in [6, 6.07) is 22.3. The number of fused-ring (bicyclic) bond motifs is 1. The molecular formula is C19H18Se2. The fourth-order valence-electron chi connectivity index (χ4n) is 3.37. The number of hydrogen-bond donors (Lipinski definition) is 0. The predicted octanol–water partition coefficient (Wildman–Crippen LogP) is 4.20. The Hall–Kier alpha value is -0.781. The van der Waals surface area contributed by atoms with Gasteiger partial charge in [0.2, 0.25) is 0 Å². The third kappa shape index (κ3) is 2.45. The van der Waals surface area contributed by atoms with E-state index in [0.29, 0.717) is 34.2 Å². The van der Waals surface area contributed by atoms with E-state index in [1.807, 2.05) is 0 Å². The van der Waals surface area contributed by atoms with Crippen LogP contribution >= 0.6 is 0 Å². The zero-order valence-electron chi connectivity index (χ0n) is 11.9. The molecule has 2 atom stereocenters. The number of rotatable bonds is 2. The summed E-state index contributed by atoms with van der Waals surface area (Å²) in [6.45, 7) is 0. The van der Waals surface area contributed by atoms with Gasteiger partial charge in [0, 0.05) is 0 Å². The van der Waals surface area contributed by atoms with E-state index >= 15 is 0 Å². The Bertz CT molecular complexity index is 648. The summed E-state index contributed by atoms with van der Waals surface area (Å²) in [4.78, 5) is 0. The molecule has 0 nitrogen and oxygen atoms in total. The molecule has 1 saturated heterocycles. The summed E-state index contributed by atoms with van der Waals surface area (Å²) in [5, 5.41) is 2.87. The Balaban J connectivity index is 1.82. The van der Waals surface area contributed by atoms with Crippen LogP contribution in [-0.2, 0) is 4.31 Å². The molecule has 0 spiro atoms. The van der Waals surface area contributed by atoms with Crippen molar-refractivity contribution in [3.05, 3.63) is 77.9 Å². The van der Waals surface area contributed by atoms with Crippen molar-refractivity contribution in [3.8, 4) is 0 Å². The molecule has 2 heterocycles. The maximum absolute atomic E-state index is 2.68. The molecule has 2 aromatic rings. The molecule has 0 bridgehead atoms. The van der Waals surface area contributed by atoms with Gasteiger partial charge in [-0.05, 0) is 0 Å². The zero-order valence-corrected chi connectivity index (χ0v) is 15.3. The third-order valence-corrected chi connectivity index (χ3v) is 10.4. The summed E-state index contributed by atoms with van der Waals surface area (Å²) >= 11 is 1.35. The van der Waals surface area contributed by atoms with E-state index in [2.05, 4.69) is 66.7 Å². The molecule has 0 saturated carbocycles. The first-order valence-electron chi connectivity index (χ1n) is 7.49. The van der Waals surface area contributed by atoms with Gasteiger partial charge in [0.25, 0.3) is 0 Å². The van der Waals surface area contributed by atoms with E-state index in [1.54, 1.807) is 10.0 Å². The van der Waals surface area contributed by atoms with Crippen molar-refractivity contribution >= 4 is 34.4 Å². The van der Waals surface area contributed by atoms with E-state index in [9.17, 15) is 0 Å². The molecule has 0 aromatic heterocycles. The predicted molar refractivity (Wildman–Crippen MR) is 91.8 cm³/mol. The number of hydrogen-bond acceptors (Lipinski definition) is 0. The standard InChI is InChI=1S/C19H18Se2/c1-3-7-15(8-4-1)18-13-19(16-9-5-2-6-10-16)17(14-20-18)11-12-21-19/h1-10,13,17H,11-12,14H2/t17-,19-/m0/s1. The van der Waals surface area contributed by atoms with Crippen molar-refractivity contribution in [3.63, 3.8) is 0 Å². The van der Waals surface area contributed by atoms with Crippen LogP contribution in [0.1, 0.15) is 17.5 Å². The van der Waals surface area contributed by atoms with Gasteiger partial charge < -0.3 is 0 Å². The first kappa shape index (κ1) is 13.9. The summed E-state index contributed by atoms with van der Waals surface area (Å²) < 4.78 is 2.01. The van der Waals surface area contributed by atoms with Gasteiger partial charge in [-0.15, -0.1) is 0 Å². The van der Waals surface area contributed by atoms with Crippen molar-refractivity contribution in [2.24, 2.45) is 5.92 Å². The third-order valence-electron chi connectivity index (χ3n) is 4.48. The minimum absolute atomic E-state index is 0.374. The van der Waals surface area contributed by atoms with Crippen LogP contribution in [0.15, 0.2) is 66.7 Å². The summed E-state index contributed by atoms with van der Waals surface area (Å²) in [5.41, 5.74) is 3.02. The zero-order chi connectivity index (χ0) is 14.1. The van der Waals surface area contributed by atoms with E-state index in [4.69, 9.17) is 0 Å². The van der Waals surface area contributed by atoms with Gasteiger partial charge in [-0.1, -0.05) is 0 Å². The molecule has 0 aliphatic carbocycles. The Kier molecular flexibility index (Phi) is 3.81. The van der Waals surface area contributed by atoms with Crippen LogP contribution in [0.25, 0.3) is 4.47 Å². The molecule has 106 valence electrons. The molecule has 0 radical (unpaired) electrons. The van der Waals surface area contributed by atoms with Crippen molar-refractivity contribution < 1.29 is 0 Å². The molecular weight excluding hydrogens is 386 g/mol. The van der Waals surface area contributed by atoms with Crippen molar-refractivity contribution in [2.75, 3.05) is 0 Å². The maximum atomic E-state index is 2.68. The van der Waals surface area contributed by atoms with Crippen molar-refractivity contribution in [2.45, 2.75) is 21.4 Å². The minimum atomic E-state index is 0.374. The molecule has 4 rings (SSSR count). The average Bonchev–Trinajstić information content (AvgIpc) is 3.01. The van der Waals surface area contributed by atoms with E-state index in [-0.39, 0.29) is 0 Å². The van der Waals surface area contributed by atoms with Crippen LogP contribution in [0.3, 0.4) is 0 Å². The van der Waals surface area contributed by atoms with Gasteiger partial charge in [-0.3, -0.25) is 0 Å². The van der Waals surface area contributed by atoms with Crippen LogP contribution in [0.5, 0.6) is 0 Å². The van der Waals surface area contributed by atoms with Crippen LogP contribution in [-0.4, -0.2) is 29.9 Å². The molecule has 0 amide bonds. The van der Waals surface area contributed by atoms with Crippen LogP contribution in [0.2, 0.25) is 10.6 Å². The van der Waals surface area contributed by atoms with E-state index in [1.165, 1.54) is 22.6 Å². The second-order valence-corrected chi connectivity index (χ2v) is 10.8. The second-order valence-electron chi connectivity index (χ2n) is 5.68. The second kappa shape index (κ2) is 5.78. The van der Waals surface area contributed by atoms with Gasteiger partial charge in [0.05, 0.1) is 0 Å². The van der Waals surface area contributed by atoms with Gasteiger partial charge in [-0.2, -0.15) is 0 Å². The topological polar surface area (TPSA) is 0 Å². The molecule has 21 heavy (non-hydrogen) atoms. The van der Waals surface area contributed by atoms with Crippen LogP contribution < -0.4 is 0 Å². The van der Waals surface area contributed by atoms with Gasteiger partial charge in [0.1, 0.15) is 0 Å². The van der Waals surface area contributed by atoms with Gasteiger partial charge >= 0.3 is 140 Å². The summed E-state index contributed by atoms with van der Waals surface area (Å²) in [5.74, 6) is 0.896. The van der Waals surface area contributed by atoms with E-state index in [0.717, 1.165) is 5.92 Å². The molecule has 0 N–H and O–H groups in total. The molecule has 0 unspecified atom stereocenters. The Labute approximate surface area is 139 Å². The Morgan fingerprint density at radius 3 is 2.38 bits per heavy atom. The monoisotopic (exact) mass is 406 g/mol. The van der Waals surface area contributed by atoms with Gasteiger partial charge in [-0.25, -0.2) is 0 Å². The quantitative estimate of drug-likeness (QED) is 0.659. The van der Waals surface area contributed by atoms with Crippen molar-refractivity contribution in [1.29, 1.82) is 0 Å².